The van der Waals surface area contributed by atoms with Crippen LogP contribution in [0.4, 0.5) is 10.5 Å². The number of fused-ring (bicyclic) bond motifs is 1. The van der Waals surface area contributed by atoms with Crippen LogP contribution in [0.5, 0.6) is 0 Å². The third-order valence-corrected chi connectivity index (χ3v) is 3.28. The molecule has 3 rings (SSSR count). The lowest BCUT2D eigenvalue weighted by Gasteiger charge is -2.14. The third-order valence-electron chi connectivity index (χ3n) is 3.05. The minimum atomic E-state index is -0.396. The second kappa shape index (κ2) is 4.24. The number of anilines is 1. The number of rotatable bonds is 2. The zero-order valence-electron chi connectivity index (χ0n) is 10.2. The van der Waals surface area contributed by atoms with E-state index in [0.717, 1.165) is 4.57 Å². The van der Waals surface area contributed by atoms with Crippen molar-refractivity contribution in [3.05, 3.63) is 45.6 Å². The van der Waals surface area contributed by atoms with Gasteiger partial charge in [-0.2, -0.15) is 9.67 Å². The Morgan fingerprint density at radius 3 is 2.79 bits per heavy atom. The van der Waals surface area contributed by atoms with E-state index < -0.39 is 5.69 Å². The molecule has 7 heteroatoms. The molecule has 0 atom stereocenters. The van der Waals surface area contributed by atoms with Crippen LogP contribution in [0.25, 0.3) is 0 Å². The second-order valence-electron chi connectivity index (χ2n) is 4.20. The Hall–Kier alpha value is -2.08. The summed E-state index contributed by atoms with van der Waals surface area (Å²) >= 11 is 5.91. The van der Waals surface area contributed by atoms with Crippen LogP contribution in [-0.2, 0) is 13.1 Å². The minimum Gasteiger partial charge on any atom is -0.286 e. The molecule has 0 radical (unpaired) electrons. The topological polar surface area (TPSA) is 60.1 Å². The molecule has 0 N–H and O–H groups in total. The number of amides is 1. The normalized spacial score (nSPS) is 14.0. The fourth-order valence-corrected chi connectivity index (χ4v) is 2.31. The molecule has 6 nitrogen and oxygen atoms in total. The van der Waals surface area contributed by atoms with Gasteiger partial charge >= 0.3 is 11.7 Å². The lowest BCUT2D eigenvalue weighted by Crippen LogP contribution is -2.34. The van der Waals surface area contributed by atoms with Crippen molar-refractivity contribution >= 4 is 23.3 Å². The molecule has 1 aliphatic heterocycles. The average Bonchev–Trinajstić information content (AvgIpc) is 2.88. The molecule has 0 bridgehead atoms. The van der Waals surface area contributed by atoms with Gasteiger partial charge in [-0.15, -0.1) is 0 Å². The molecule has 98 valence electrons. The predicted molar refractivity (Wildman–Crippen MR) is 70.6 cm³/mol. The van der Waals surface area contributed by atoms with Crippen molar-refractivity contribution in [2.24, 2.45) is 0 Å². The van der Waals surface area contributed by atoms with E-state index >= 15 is 0 Å². The number of hydrogen-bond acceptors (Lipinski definition) is 3. The number of aryl methyl sites for hydroxylation is 1. The monoisotopic (exact) mass is 278 g/mol. The second-order valence-corrected chi connectivity index (χ2v) is 4.64. The van der Waals surface area contributed by atoms with Crippen molar-refractivity contribution in [2.45, 2.75) is 20.0 Å². The van der Waals surface area contributed by atoms with Crippen molar-refractivity contribution in [2.75, 3.05) is 4.90 Å². The van der Waals surface area contributed by atoms with Crippen molar-refractivity contribution in [1.82, 2.24) is 14.3 Å². The number of aromatic nitrogens is 3. The highest BCUT2D eigenvalue weighted by Crippen LogP contribution is 2.24. The molecule has 0 fully saturated rings. The van der Waals surface area contributed by atoms with E-state index in [2.05, 4.69) is 5.10 Å². The first kappa shape index (κ1) is 12.0. The molecule has 2 heterocycles. The highest BCUT2D eigenvalue weighted by atomic mass is 35.5. The van der Waals surface area contributed by atoms with Crippen LogP contribution in [-0.4, -0.2) is 20.4 Å². The highest BCUT2D eigenvalue weighted by molar-refractivity contribution is 6.30. The summed E-state index contributed by atoms with van der Waals surface area (Å²) in [6, 6.07) is 6.56. The standard InChI is InChI=1S/C12H11ClN4O2/c1-2-16-12(19)17-10(14-16)7-15(11(17)18)9-5-3-4-8(13)6-9/h3-6H,2,7H2,1H3. The number of halogens is 1. The molecule has 1 aromatic heterocycles. The van der Waals surface area contributed by atoms with E-state index in [1.165, 1.54) is 9.58 Å². The highest BCUT2D eigenvalue weighted by Gasteiger charge is 2.33. The Morgan fingerprint density at radius 2 is 2.16 bits per heavy atom. The maximum atomic E-state index is 12.3. The number of carbonyl (C=O) groups is 1. The van der Waals surface area contributed by atoms with Crippen LogP contribution in [0.15, 0.2) is 29.1 Å². The van der Waals surface area contributed by atoms with E-state index in [1.807, 2.05) is 6.92 Å². The Bertz CT molecular complexity index is 719. The first-order valence-electron chi connectivity index (χ1n) is 5.88. The maximum absolute atomic E-state index is 12.3. The van der Waals surface area contributed by atoms with Gasteiger partial charge in [0, 0.05) is 17.3 Å². The van der Waals surface area contributed by atoms with Gasteiger partial charge in [0.15, 0.2) is 5.82 Å². The van der Waals surface area contributed by atoms with Gasteiger partial charge in [-0.1, -0.05) is 17.7 Å². The van der Waals surface area contributed by atoms with Crippen LogP contribution < -0.4 is 10.6 Å². The van der Waals surface area contributed by atoms with Gasteiger partial charge in [0.1, 0.15) is 0 Å². The summed E-state index contributed by atoms with van der Waals surface area (Å²) in [6.45, 7) is 2.54. The molecule has 2 aromatic rings. The Labute approximate surface area is 113 Å². The zero-order valence-corrected chi connectivity index (χ0v) is 11.0. The fourth-order valence-electron chi connectivity index (χ4n) is 2.13. The molecule has 0 saturated carbocycles. The lowest BCUT2D eigenvalue weighted by molar-refractivity contribution is 0.250. The quantitative estimate of drug-likeness (QED) is 0.840. The molecule has 1 amide bonds. The van der Waals surface area contributed by atoms with Gasteiger partial charge in [0.2, 0.25) is 0 Å². The van der Waals surface area contributed by atoms with E-state index in [0.29, 0.717) is 23.1 Å². The lowest BCUT2D eigenvalue weighted by atomic mass is 10.3. The van der Waals surface area contributed by atoms with Gasteiger partial charge in [0.25, 0.3) is 0 Å². The van der Waals surface area contributed by atoms with Crippen LogP contribution >= 0.6 is 11.6 Å². The van der Waals surface area contributed by atoms with Crippen LogP contribution in [0.3, 0.4) is 0 Å². The molecule has 1 aliphatic rings. The summed E-state index contributed by atoms with van der Waals surface area (Å²) in [7, 11) is 0. The van der Waals surface area contributed by atoms with Gasteiger partial charge in [-0.05, 0) is 25.1 Å². The molecule has 1 aromatic carbocycles. The predicted octanol–water partition coefficient (Wildman–Crippen LogP) is 1.71. The fraction of sp³-hybridized carbons (Fsp3) is 0.250. The molecule has 19 heavy (non-hydrogen) atoms. The van der Waals surface area contributed by atoms with Crippen LogP contribution in [0.1, 0.15) is 12.7 Å². The van der Waals surface area contributed by atoms with Crippen molar-refractivity contribution in [1.29, 1.82) is 0 Å². The van der Waals surface area contributed by atoms with Gasteiger partial charge in [-0.3, -0.25) is 4.90 Å². The summed E-state index contributed by atoms with van der Waals surface area (Å²) in [5, 5.41) is 4.67. The van der Waals surface area contributed by atoms with Crippen LogP contribution in [0.2, 0.25) is 5.02 Å². The number of nitrogens with zero attached hydrogens (tertiary/aromatic N) is 4. The van der Waals surface area contributed by atoms with Gasteiger partial charge in [-0.25, -0.2) is 14.3 Å². The summed E-state index contributed by atoms with van der Waals surface area (Å²) < 4.78 is 2.38. The minimum absolute atomic E-state index is 0.279. The maximum Gasteiger partial charge on any atom is 0.354 e. The van der Waals surface area contributed by atoms with Crippen LogP contribution in [0, 0.1) is 0 Å². The SMILES string of the molecule is CCn1nc2n(c1=O)C(=O)N(c1cccc(Cl)c1)C2. The summed E-state index contributed by atoms with van der Waals surface area (Å²) in [5.74, 6) is 0.455. The third kappa shape index (κ3) is 1.76. The smallest absolute Gasteiger partial charge is 0.286 e. The summed E-state index contributed by atoms with van der Waals surface area (Å²) in [4.78, 5) is 25.7. The number of carbonyl (C=O) groups excluding carboxylic acids is 1. The summed E-state index contributed by atoms with van der Waals surface area (Å²) in [5.41, 5.74) is 0.262. The van der Waals surface area contributed by atoms with Crippen molar-refractivity contribution in [3.63, 3.8) is 0 Å². The Kier molecular flexibility index (Phi) is 2.67. The van der Waals surface area contributed by atoms with E-state index in [1.54, 1.807) is 24.3 Å². The largest absolute Gasteiger partial charge is 0.354 e. The summed E-state index contributed by atoms with van der Waals surface area (Å²) in [6.07, 6.45) is 0. The molecule has 0 spiro atoms. The average molecular weight is 279 g/mol. The molecular weight excluding hydrogens is 268 g/mol. The van der Waals surface area contributed by atoms with Gasteiger partial charge < -0.3 is 0 Å². The molecular formula is C12H11ClN4O2. The zero-order chi connectivity index (χ0) is 13.6. The Balaban J connectivity index is 2.03. The van der Waals surface area contributed by atoms with E-state index in [9.17, 15) is 9.59 Å². The first-order valence-corrected chi connectivity index (χ1v) is 6.25. The van der Waals surface area contributed by atoms with E-state index in [4.69, 9.17) is 11.6 Å². The number of hydrogen-bond donors (Lipinski definition) is 0. The molecule has 0 unspecified atom stereocenters. The van der Waals surface area contributed by atoms with Crippen molar-refractivity contribution in [3.8, 4) is 0 Å². The molecule has 0 aliphatic carbocycles. The van der Waals surface area contributed by atoms with Crippen molar-refractivity contribution < 1.29 is 4.79 Å². The Morgan fingerprint density at radius 1 is 1.37 bits per heavy atom. The molecule has 0 saturated heterocycles. The van der Waals surface area contributed by atoms with Gasteiger partial charge in [0.05, 0.1) is 6.54 Å². The van der Waals surface area contributed by atoms with E-state index in [-0.39, 0.29) is 12.6 Å². The number of benzene rings is 1. The first-order chi connectivity index (χ1) is 9.11.